The molecule has 4 aromatic rings. The van der Waals surface area contributed by atoms with Crippen molar-refractivity contribution in [3.8, 4) is 11.5 Å². The van der Waals surface area contributed by atoms with Crippen molar-refractivity contribution in [3.05, 3.63) is 110 Å². The van der Waals surface area contributed by atoms with Gasteiger partial charge >= 0.3 is 0 Å². The predicted octanol–water partition coefficient (Wildman–Crippen LogP) is 7.70. The third kappa shape index (κ3) is 5.89. The summed E-state index contributed by atoms with van der Waals surface area (Å²) in [5.74, 6) is 1.00. The van der Waals surface area contributed by atoms with E-state index in [1.165, 1.54) is 10.3 Å². The summed E-state index contributed by atoms with van der Waals surface area (Å²) in [6.07, 6.45) is 2.38. The molecule has 1 fully saturated rings. The van der Waals surface area contributed by atoms with Crippen LogP contribution in [0.2, 0.25) is 0 Å². The Bertz CT molecular complexity index is 1510. The molecule has 0 N–H and O–H groups in total. The molecule has 1 aliphatic rings. The second-order valence-corrected chi connectivity index (χ2v) is 10.9. The lowest BCUT2D eigenvalue weighted by molar-refractivity contribution is -0.122. The smallest absolute Gasteiger partial charge is 0.293 e. The highest BCUT2D eigenvalue weighted by molar-refractivity contribution is 14.1. The van der Waals surface area contributed by atoms with Gasteiger partial charge in [0.2, 0.25) is 0 Å². The van der Waals surface area contributed by atoms with Crippen LogP contribution in [0.5, 0.6) is 11.5 Å². The van der Waals surface area contributed by atoms with Crippen LogP contribution in [-0.4, -0.2) is 29.2 Å². The largest absolute Gasteiger partial charge is 0.490 e. The molecule has 2 amide bonds. The van der Waals surface area contributed by atoms with Gasteiger partial charge in [-0.1, -0.05) is 72.8 Å². The number of carbonyl (C=O) groups is 2. The Morgan fingerprint density at radius 2 is 1.68 bits per heavy atom. The van der Waals surface area contributed by atoms with Crippen molar-refractivity contribution in [2.24, 2.45) is 0 Å². The molecule has 0 bridgehead atoms. The highest BCUT2D eigenvalue weighted by Crippen LogP contribution is 2.38. The van der Waals surface area contributed by atoms with Gasteiger partial charge in [0.15, 0.2) is 11.5 Å². The Balaban J connectivity index is 1.35. The van der Waals surface area contributed by atoms with Crippen LogP contribution in [0.15, 0.2) is 89.8 Å². The lowest BCUT2D eigenvalue weighted by atomic mass is 10.1. The topological polar surface area (TPSA) is 55.8 Å². The molecule has 0 spiro atoms. The summed E-state index contributed by atoms with van der Waals surface area (Å²) in [5, 5.41) is 2.08. The van der Waals surface area contributed by atoms with Crippen molar-refractivity contribution in [2.45, 2.75) is 20.0 Å². The summed E-state index contributed by atoms with van der Waals surface area (Å²) < 4.78 is 13.1. The molecule has 0 atom stereocenters. The number of halogens is 1. The van der Waals surface area contributed by atoms with Crippen LogP contribution in [0, 0.1) is 3.57 Å². The first-order valence-electron chi connectivity index (χ1n) is 12.4. The molecule has 0 aliphatic carbocycles. The molecule has 0 saturated carbocycles. The van der Waals surface area contributed by atoms with Gasteiger partial charge in [-0.3, -0.25) is 14.5 Å². The minimum absolute atomic E-state index is 0.244. The molecule has 0 aromatic heterocycles. The van der Waals surface area contributed by atoms with E-state index in [-0.39, 0.29) is 11.1 Å². The number of carbonyl (C=O) groups excluding carboxylic acids is 2. The summed E-state index contributed by atoms with van der Waals surface area (Å²) >= 11 is 3.20. The number of rotatable bonds is 9. The van der Waals surface area contributed by atoms with Gasteiger partial charge in [-0.05, 0) is 93.4 Å². The fraction of sp³-hybridized carbons (Fsp3) is 0.161. The van der Waals surface area contributed by atoms with Crippen molar-refractivity contribution in [1.82, 2.24) is 4.90 Å². The maximum absolute atomic E-state index is 13.0. The summed E-state index contributed by atoms with van der Waals surface area (Å²) in [6, 6.07) is 28.1. The Hall–Kier alpha value is -3.30. The number of imide groups is 1. The zero-order valence-electron chi connectivity index (χ0n) is 20.9. The molecule has 7 heteroatoms. The lowest BCUT2D eigenvalue weighted by Gasteiger charge is -2.16. The maximum atomic E-state index is 13.0. The summed E-state index contributed by atoms with van der Waals surface area (Å²) in [5.41, 5.74) is 2.96. The van der Waals surface area contributed by atoms with Crippen molar-refractivity contribution in [2.75, 3.05) is 13.2 Å². The Morgan fingerprint density at radius 3 is 2.50 bits per heavy atom. The number of nitrogens with zero attached hydrogens (tertiary/aromatic N) is 1. The van der Waals surface area contributed by atoms with E-state index >= 15 is 0 Å². The predicted molar refractivity (Wildman–Crippen MR) is 161 cm³/mol. The monoisotopic (exact) mass is 635 g/mol. The van der Waals surface area contributed by atoms with Gasteiger partial charge in [0.05, 0.1) is 15.1 Å². The van der Waals surface area contributed by atoms with Crippen LogP contribution in [-0.2, 0) is 17.8 Å². The average molecular weight is 636 g/mol. The van der Waals surface area contributed by atoms with E-state index in [0.29, 0.717) is 42.6 Å². The third-order valence-electron chi connectivity index (χ3n) is 6.22. The minimum atomic E-state index is -0.264. The van der Waals surface area contributed by atoms with Gasteiger partial charge < -0.3 is 9.47 Å². The summed E-state index contributed by atoms with van der Waals surface area (Å²) in [4.78, 5) is 27.3. The molecule has 0 unspecified atom stereocenters. The molecule has 0 radical (unpaired) electrons. The Kier molecular flexibility index (Phi) is 8.34. The van der Waals surface area contributed by atoms with E-state index < -0.39 is 0 Å². The van der Waals surface area contributed by atoms with E-state index in [0.717, 1.165) is 37.4 Å². The number of hydrogen-bond donors (Lipinski definition) is 0. The number of ether oxygens (including phenoxy) is 2. The SMILES string of the molecule is CCOc1cc(/C=C2\SC(=O)N(CCc3ccccc3)C2=O)cc(I)c1OCc1cccc2ccccc12. The lowest BCUT2D eigenvalue weighted by Crippen LogP contribution is -2.30. The molecule has 38 heavy (non-hydrogen) atoms. The Labute approximate surface area is 240 Å². The molecule has 4 aromatic carbocycles. The van der Waals surface area contributed by atoms with Crippen LogP contribution < -0.4 is 9.47 Å². The molecule has 1 aliphatic heterocycles. The second-order valence-electron chi connectivity index (χ2n) is 8.76. The van der Waals surface area contributed by atoms with Crippen molar-refractivity contribution in [1.29, 1.82) is 0 Å². The molecule has 1 heterocycles. The molecule has 5 rings (SSSR count). The minimum Gasteiger partial charge on any atom is -0.490 e. The highest BCUT2D eigenvalue weighted by Gasteiger charge is 2.34. The quantitative estimate of drug-likeness (QED) is 0.139. The number of benzene rings is 4. The van der Waals surface area contributed by atoms with E-state index in [4.69, 9.17) is 9.47 Å². The first-order valence-corrected chi connectivity index (χ1v) is 14.3. The van der Waals surface area contributed by atoms with Crippen LogP contribution in [0.1, 0.15) is 23.6 Å². The standard InChI is InChI=1S/C31H26INO4S/c1-2-36-27-18-22(19-28-30(34)33(31(35)38-28)16-15-21-9-4-3-5-10-21)17-26(32)29(27)37-20-24-13-8-12-23-11-6-7-14-25(23)24/h3-14,17-19H,2,15-16,20H2,1H3/b28-19-. The van der Waals surface area contributed by atoms with E-state index in [9.17, 15) is 9.59 Å². The van der Waals surface area contributed by atoms with Crippen molar-refractivity contribution in [3.63, 3.8) is 0 Å². The molecular weight excluding hydrogens is 609 g/mol. The zero-order valence-corrected chi connectivity index (χ0v) is 23.8. The number of hydrogen-bond acceptors (Lipinski definition) is 5. The van der Waals surface area contributed by atoms with Gasteiger partial charge in [-0.2, -0.15) is 0 Å². The molecule has 5 nitrogen and oxygen atoms in total. The molecule has 192 valence electrons. The summed E-state index contributed by atoms with van der Waals surface area (Å²) in [6.45, 7) is 3.15. The maximum Gasteiger partial charge on any atom is 0.293 e. The van der Waals surface area contributed by atoms with E-state index in [1.54, 1.807) is 6.08 Å². The fourth-order valence-corrected chi connectivity index (χ4v) is 6.02. The first-order chi connectivity index (χ1) is 18.5. The zero-order chi connectivity index (χ0) is 26.5. The molecular formula is C31H26INO4S. The van der Waals surface area contributed by atoms with Gasteiger partial charge in [0.1, 0.15) is 6.61 Å². The van der Waals surface area contributed by atoms with Crippen LogP contribution in [0.3, 0.4) is 0 Å². The van der Waals surface area contributed by atoms with Crippen molar-refractivity contribution < 1.29 is 19.1 Å². The van der Waals surface area contributed by atoms with Crippen LogP contribution in [0.25, 0.3) is 16.8 Å². The van der Waals surface area contributed by atoms with Crippen LogP contribution in [0.4, 0.5) is 4.79 Å². The van der Waals surface area contributed by atoms with Gasteiger partial charge in [0.25, 0.3) is 11.1 Å². The van der Waals surface area contributed by atoms with E-state index in [2.05, 4.69) is 46.9 Å². The fourth-order valence-electron chi connectivity index (χ4n) is 4.37. The molecule has 1 saturated heterocycles. The summed E-state index contributed by atoms with van der Waals surface area (Å²) in [7, 11) is 0. The second kappa shape index (κ2) is 12.0. The average Bonchev–Trinajstić information content (AvgIpc) is 3.19. The Morgan fingerprint density at radius 1 is 0.921 bits per heavy atom. The van der Waals surface area contributed by atoms with Crippen LogP contribution >= 0.6 is 34.4 Å². The number of thioether (sulfide) groups is 1. The third-order valence-corrected chi connectivity index (χ3v) is 7.93. The van der Waals surface area contributed by atoms with Crippen molar-refractivity contribution >= 4 is 62.3 Å². The normalized spacial score (nSPS) is 14.5. The van der Waals surface area contributed by atoms with Gasteiger partial charge in [0, 0.05) is 6.54 Å². The first kappa shape index (κ1) is 26.3. The number of amides is 2. The van der Waals surface area contributed by atoms with E-state index in [1.807, 2.05) is 67.6 Å². The van der Waals surface area contributed by atoms with Gasteiger partial charge in [-0.15, -0.1) is 0 Å². The van der Waals surface area contributed by atoms with Gasteiger partial charge in [-0.25, -0.2) is 0 Å². The highest BCUT2D eigenvalue weighted by atomic mass is 127. The number of fused-ring (bicyclic) bond motifs is 1.